The fourth-order valence-electron chi connectivity index (χ4n) is 3.24. The fraction of sp³-hybridized carbons (Fsp3) is 0.471. The van der Waals surface area contributed by atoms with Crippen LogP contribution in [0.3, 0.4) is 0 Å². The van der Waals surface area contributed by atoms with Crippen molar-refractivity contribution in [3.05, 3.63) is 41.6 Å². The van der Waals surface area contributed by atoms with E-state index in [1.54, 1.807) is 19.9 Å². The highest BCUT2D eigenvalue weighted by Gasteiger charge is 2.40. The smallest absolute Gasteiger partial charge is 0.332 e. The average Bonchev–Trinajstić information content (AvgIpc) is 3.16. The van der Waals surface area contributed by atoms with Gasteiger partial charge in [-0.3, -0.25) is 4.79 Å². The summed E-state index contributed by atoms with van der Waals surface area (Å²) in [4.78, 5) is 13.6. The number of hydrogen-bond acceptors (Lipinski definition) is 5. The molecule has 0 spiro atoms. The Labute approximate surface area is 160 Å². The molecule has 2 heterocycles. The van der Waals surface area contributed by atoms with Crippen LogP contribution >= 0.6 is 0 Å². The summed E-state index contributed by atoms with van der Waals surface area (Å²) >= 11 is 0. The lowest BCUT2D eigenvalue weighted by Crippen LogP contribution is -2.59. The Bertz CT molecular complexity index is 943. The lowest BCUT2D eigenvalue weighted by Gasteiger charge is -2.43. The number of hydrogen-bond donors (Lipinski definition) is 0. The summed E-state index contributed by atoms with van der Waals surface area (Å²) in [7, 11) is -4.16. The van der Waals surface area contributed by atoms with E-state index in [1.165, 1.54) is 4.90 Å². The van der Waals surface area contributed by atoms with Crippen LogP contribution in [0.4, 0.5) is 13.2 Å². The molecular weight excluding hydrogens is 397 g/mol. The normalized spacial score (nSPS) is 23.8. The summed E-state index contributed by atoms with van der Waals surface area (Å²) < 4.78 is 65.9. The number of azo groups is 1. The summed E-state index contributed by atoms with van der Waals surface area (Å²) in [6.45, 7) is 3.70. The SMILES string of the molecule is C[C@@H]1CN(C(=O)C2=CCN=N2)[C@@H](C)CN1S(=O)(=O)c1cccc(C(F)(F)F)c1. The van der Waals surface area contributed by atoms with Gasteiger partial charge >= 0.3 is 6.18 Å². The van der Waals surface area contributed by atoms with Crippen molar-refractivity contribution in [2.24, 2.45) is 10.2 Å². The van der Waals surface area contributed by atoms with Gasteiger partial charge in [-0.15, -0.1) is 0 Å². The summed E-state index contributed by atoms with van der Waals surface area (Å²) in [6, 6.07) is 2.59. The molecule has 1 amide bonds. The van der Waals surface area contributed by atoms with E-state index in [1.807, 2.05) is 0 Å². The molecule has 1 aromatic carbocycles. The molecule has 2 atom stereocenters. The van der Waals surface area contributed by atoms with Crippen LogP contribution in [0.1, 0.15) is 19.4 Å². The average molecular weight is 416 g/mol. The molecule has 0 bridgehead atoms. The summed E-state index contributed by atoms with van der Waals surface area (Å²) in [5.41, 5.74) is -0.810. The molecular formula is C17H19F3N4O3S. The fourth-order valence-corrected chi connectivity index (χ4v) is 4.99. The Morgan fingerprint density at radius 3 is 2.50 bits per heavy atom. The highest BCUT2D eigenvalue weighted by Crippen LogP contribution is 2.32. The first kappa shape index (κ1) is 20.5. The van der Waals surface area contributed by atoms with Crippen LogP contribution in [-0.2, 0) is 21.0 Å². The van der Waals surface area contributed by atoms with Gasteiger partial charge in [0.1, 0.15) is 5.70 Å². The number of piperazine rings is 1. The van der Waals surface area contributed by atoms with E-state index in [0.29, 0.717) is 12.6 Å². The standard InChI is InChI=1S/C17H19F3N4O3S/c1-11-10-24(12(2)9-23(11)16(25)15-6-7-21-22-15)28(26,27)14-5-3-4-13(8-14)17(18,19)20/h3-6,8,11-12H,7,9-10H2,1-2H3/t11-,12+/m0/s1. The van der Waals surface area contributed by atoms with Crippen LogP contribution in [0.25, 0.3) is 0 Å². The molecule has 28 heavy (non-hydrogen) atoms. The summed E-state index contributed by atoms with van der Waals surface area (Å²) in [6.07, 6.45) is -3.05. The minimum Gasteiger partial charge on any atom is -0.332 e. The summed E-state index contributed by atoms with van der Waals surface area (Å²) in [5.74, 6) is -0.336. The third-order valence-electron chi connectivity index (χ3n) is 4.72. The van der Waals surface area contributed by atoms with E-state index in [9.17, 15) is 26.4 Å². The van der Waals surface area contributed by atoms with Crippen LogP contribution in [0.5, 0.6) is 0 Å². The summed E-state index contributed by atoms with van der Waals surface area (Å²) in [5, 5.41) is 7.51. The minimum atomic E-state index is -4.64. The first-order valence-corrected chi connectivity index (χ1v) is 10.0. The van der Waals surface area contributed by atoms with Crippen molar-refractivity contribution < 1.29 is 26.4 Å². The maximum absolute atomic E-state index is 13.0. The number of amides is 1. The van der Waals surface area contributed by atoms with Crippen molar-refractivity contribution in [2.45, 2.75) is 37.0 Å². The van der Waals surface area contributed by atoms with Crippen molar-refractivity contribution in [3.8, 4) is 0 Å². The number of carbonyl (C=O) groups is 1. The van der Waals surface area contributed by atoms with Gasteiger partial charge in [0, 0.05) is 25.2 Å². The van der Waals surface area contributed by atoms with Gasteiger partial charge in [-0.05, 0) is 38.1 Å². The van der Waals surface area contributed by atoms with Gasteiger partial charge < -0.3 is 4.90 Å². The second-order valence-corrected chi connectivity index (χ2v) is 8.66. The zero-order valence-corrected chi connectivity index (χ0v) is 16.0. The Balaban J connectivity index is 1.84. The Morgan fingerprint density at radius 2 is 1.89 bits per heavy atom. The molecule has 0 aromatic heterocycles. The minimum absolute atomic E-state index is 0.0318. The van der Waals surface area contributed by atoms with Gasteiger partial charge in [0.05, 0.1) is 17.0 Å². The van der Waals surface area contributed by atoms with Crippen LogP contribution in [0.2, 0.25) is 0 Å². The molecule has 0 aliphatic carbocycles. The van der Waals surface area contributed by atoms with Crippen LogP contribution < -0.4 is 0 Å². The monoisotopic (exact) mass is 416 g/mol. The maximum Gasteiger partial charge on any atom is 0.416 e. The molecule has 3 rings (SSSR count). The Kier molecular flexibility index (Phi) is 5.32. The van der Waals surface area contributed by atoms with Gasteiger partial charge in [-0.1, -0.05) is 6.07 Å². The number of benzene rings is 1. The number of sulfonamides is 1. The zero-order chi connectivity index (χ0) is 20.7. The van der Waals surface area contributed by atoms with Crippen molar-refractivity contribution >= 4 is 15.9 Å². The first-order valence-electron chi connectivity index (χ1n) is 8.59. The molecule has 11 heteroatoms. The van der Waals surface area contributed by atoms with E-state index in [2.05, 4.69) is 10.2 Å². The largest absolute Gasteiger partial charge is 0.416 e. The van der Waals surface area contributed by atoms with Gasteiger partial charge in [-0.2, -0.15) is 27.7 Å². The van der Waals surface area contributed by atoms with Crippen molar-refractivity contribution in [3.63, 3.8) is 0 Å². The van der Waals surface area contributed by atoms with E-state index >= 15 is 0 Å². The molecule has 0 saturated carbocycles. The molecule has 2 aliphatic heterocycles. The molecule has 2 aliphatic rings. The van der Waals surface area contributed by atoms with E-state index in [-0.39, 0.29) is 24.7 Å². The molecule has 1 aromatic rings. The lowest BCUT2D eigenvalue weighted by atomic mass is 10.1. The van der Waals surface area contributed by atoms with Gasteiger partial charge in [-0.25, -0.2) is 8.42 Å². The van der Waals surface area contributed by atoms with E-state index in [0.717, 1.165) is 22.5 Å². The number of carbonyl (C=O) groups excluding carboxylic acids is 1. The van der Waals surface area contributed by atoms with E-state index < -0.39 is 38.7 Å². The third kappa shape index (κ3) is 3.81. The van der Waals surface area contributed by atoms with Gasteiger partial charge in [0.15, 0.2) is 0 Å². The van der Waals surface area contributed by atoms with Gasteiger partial charge in [0.25, 0.3) is 5.91 Å². The molecule has 0 unspecified atom stereocenters. The number of alkyl halides is 3. The lowest BCUT2D eigenvalue weighted by molar-refractivity contribution is -0.137. The Hall–Kier alpha value is -2.27. The van der Waals surface area contributed by atoms with Crippen molar-refractivity contribution in [1.29, 1.82) is 0 Å². The molecule has 7 nitrogen and oxygen atoms in total. The number of halogens is 3. The molecule has 152 valence electrons. The van der Waals surface area contributed by atoms with Crippen molar-refractivity contribution in [1.82, 2.24) is 9.21 Å². The predicted octanol–water partition coefficient (Wildman–Crippen LogP) is 2.67. The second kappa shape index (κ2) is 7.28. The molecule has 1 saturated heterocycles. The second-order valence-electron chi connectivity index (χ2n) is 6.77. The number of rotatable bonds is 3. The van der Waals surface area contributed by atoms with Crippen LogP contribution in [0.15, 0.2) is 51.2 Å². The number of nitrogens with zero attached hydrogens (tertiary/aromatic N) is 4. The zero-order valence-electron chi connectivity index (χ0n) is 15.2. The van der Waals surface area contributed by atoms with Crippen LogP contribution in [-0.4, -0.2) is 55.2 Å². The molecule has 1 fully saturated rings. The molecule has 0 radical (unpaired) electrons. The topological polar surface area (TPSA) is 82.4 Å². The third-order valence-corrected chi connectivity index (χ3v) is 6.70. The predicted molar refractivity (Wildman–Crippen MR) is 93.8 cm³/mol. The maximum atomic E-state index is 13.0. The molecule has 0 N–H and O–H groups in total. The highest BCUT2D eigenvalue weighted by molar-refractivity contribution is 7.89. The highest BCUT2D eigenvalue weighted by atomic mass is 32.2. The Morgan fingerprint density at radius 1 is 1.18 bits per heavy atom. The quantitative estimate of drug-likeness (QED) is 0.760. The van der Waals surface area contributed by atoms with Gasteiger partial charge in [0.2, 0.25) is 10.0 Å². The first-order chi connectivity index (χ1) is 13.0. The van der Waals surface area contributed by atoms with Crippen molar-refractivity contribution in [2.75, 3.05) is 19.6 Å². The van der Waals surface area contributed by atoms with E-state index in [4.69, 9.17) is 0 Å². The van der Waals surface area contributed by atoms with Crippen LogP contribution in [0, 0.1) is 0 Å².